The fraction of sp³-hybridized carbons (Fsp3) is 0.538. The Morgan fingerprint density at radius 3 is 2.50 bits per heavy atom. The third-order valence-electron chi connectivity index (χ3n) is 2.46. The maximum Gasteiger partial charge on any atom is 0.123 e. The number of hydrogen-bond donors (Lipinski definition) is 1. The van der Waals surface area contributed by atoms with E-state index in [4.69, 9.17) is 9.47 Å². The summed E-state index contributed by atoms with van der Waals surface area (Å²) in [6, 6.07) is 8.17. The van der Waals surface area contributed by atoms with E-state index in [1.807, 2.05) is 39.1 Å². The Bertz CT molecular complexity index is 313. The maximum atomic E-state index is 5.63. The lowest BCUT2D eigenvalue weighted by atomic mass is 10.1. The van der Waals surface area contributed by atoms with Crippen LogP contribution in [0.3, 0.4) is 0 Å². The molecule has 0 aliphatic rings. The molecule has 0 amide bonds. The first-order valence-corrected chi connectivity index (χ1v) is 5.60. The Kier molecular flexibility index (Phi) is 5.29. The van der Waals surface area contributed by atoms with Gasteiger partial charge in [0.2, 0.25) is 0 Å². The predicted molar refractivity (Wildman–Crippen MR) is 65.9 cm³/mol. The quantitative estimate of drug-likeness (QED) is 0.803. The van der Waals surface area contributed by atoms with Gasteiger partial charge in [-0.3, -0.25) is 0 Å². The summed E-state index contributed by atoms with van der Waals surface area (Å²) in [5.74, 6) is 0.897. The summed E-state index contributed by atoms with van der Waals surface area (Å²) >= 11 is 0. The van der Waals surface area contributed by atoms with Gasteiger partial charge in [0.1, 0.15) is 5.75 Å². The molecule has 0 saturated carbocycles. The van der Waals surface area contributed by atoms with Crippen molar-refractivity contribution < 1.29 is 9.47 Å². The summed E-state index contributed by atoms with van der Waals surface area (Å²) < 4.78 is 11.0. The lowest BCUT2D eigenvalue weighted by Gasteiger charge is -2.20. The summed E-state index contributed by atoms with van der Waals surface area (Å²) in [5, 5.41) is 3.24. The van der Waals surface area contributed by atoms with E-state index in [-0.39, 0.29) is 12.1 Å². The van der Waals surface area contributed by atoms with Crippen molar-refractivity contribution in [2.24, 2.45) is 0 Å². The van der Waals surface area contributed by atoms with Gasteiger partial charge in [-0.15, -0.1) is 0 Å². The molecule has 1 aromatic carbocycles. The maximum absolute atomic E-state index is 5.63. The number of methoxy groups -OCH3 is 1. The van der Waals surface area contributed by atoms with Crippen LogP contribution < -0.4 is 10.1 Å². The average molecular weight is 223 g/mol. The lowest BCUT2D eigenvalue weighted by Crippen LogP contribution is -2.24. The van der Waals surface area contributed by atoms with E-state index in [1.165, 1.54) is 0 Å². The molecule has 1 unspecified atom stereocenters. The molecule has 3 heteroatoms. The minimum Gasteiger partial charge on any atom is -0.496 e. The molecule has 16 heavy (non-hydrogen) atoms. The highest BCUT2D eigenvalue weighted by Crippen LogP contribution is 2.24. The van der Waals surface area contributed by atoms with Crippen molar-refractivity contribution in [3.8, 4) is 5.75 Å². The molecule has 1 atom stereocenters. The van der Waals surface area contributed by atoms with Gasteiger partial charge in [0, 0.05) is 5.56 Å². The first-order chi connectivity index (χ1) is 7.69. The van der Waals surface area contributed by atoms with Gasteiger partial charge in [-0.05, 0) is 27.0 Å². The number of nitrogens with one attached hydrogen (secondary N) is 1. The van der Waals surface area contributed by atoms with Crippen molar-refractivity contribution in [2.45, 2.75) is 26.0 Å². The molecule has 0 heterocycles. The van der Waals surface area contributed by atoms with Gasteiger partial charge in [0.25, 0.3) is 0 Å². The monoisotopic (exact) mass is 223 g/mol. The van der Waals surface area contributed by atoms with Crippen molar-refractivity contribution >= 4 is 0 Å². The largest absolute Gasteiger partial charge is 0.496 e. The summed E-state index contributed by atoms with van der Waals surface area (Å²) in [7, 11) is 3.62. The van der Waals surface area contributed by atoms with Gasteiger partial charge in [-0.2, -0.15) is 0 Å². The molecule has 1 N–H and O–H groups in total. The number of rotatable bonds is 6. The van der Waals surface area contributed by atoms with E-state index in [0.29, 0.717) is 6.61 Å². The number of benzene rings is 1. The molecule has 0 aliphatic heterocycles. The predicted octanol–water partition coefficient (Wildman–Crippen LogP) is 2.38. The Hall–Kier alpha value is -1.06. The minimum atomic E-state index is 0.165. The van der Waals surface area contributed by atoms with E-state index >= 15 is 0 Å². The van der Waals surface area contributed by atoms with Crippen LogP contribution >= 0.6 is 0 Å². The molecule has 0 bridgehead atoms. The highest BCUT2D eigenvalue weighted by Gasteiger charge is 2.14. The molecule has 1 aromatic rings. The molecule has 0 fully saturated rings. The summed E-state index contributed by atoms with van der Waals surface area (Å²) in [4.78, 5) is 0. The van der Waals surface area contributed by atoms with E-state index in [9.17, 15) is 0 Å². The van der Waals surface area contributed by atoms with Gasteiger partial charge >= 0.3 is 0 Å². The van der Waals surface area contributed by atoms with Gasteiger partial charge in [0.15, 0.2) is 0 Å². The van der Waals surface area contributed by atoms with Crippen LogP contribution in [0, 0.1) is 0 Å². The molecule has 0 aliphatic carbocycles. The van der Waals surface area contributed by atoms with Crippen LogP contribution in [0.5, 0.6) is 5.75 Å². The van der Waals surface area contributed by atoms with Gasteiger partial charge < -0.3 is 14.8 Å². The highest BCUT2D eigenvalue weighted by atomic mass is 16.5. The third-order valence-corrected chi connectivity index (χ3v) is 2.46. The zero-order chi connectivity index (χ0) is 12.0. The number of likely N-dealkylation sites (N-methyl/N-ethyl adjacent to an activating group) is 1. The zero-order valence-electron chi connectivity index (χ0n) is 10.5. The first kappa shape index (κ1) is 13.0. The molecular formula is C13H21NO2. The summed E-state index contributed by atoms with van der Waals surface area (Å²) in [6.45, 7) is 4.72. The van der Waals surface area contributed by atoms with Gasteiger partial charge in [0.05, 0.1) is 25.9 Å². The molecule has 0 saturated heterocycles. The van der Waals surface area contributed by atoms with Crippen molar-refractivity contribution in [3.05, 3.63) is 29.8 Å². The van der Waals surface area contributed by atoms with Crippen molar-refractivity contribution in [1.29, 1.82) is 0 Å². The number of hydrogen-bond acceptors (Lipinski definition) is 3. The number of para-hydroxylation sites is 1. The second-order valence-corrected chi connectivity index (χ2v) is 3.97. The SMILES string of the molecule is CNC(COC(C)C)c1ccccc1OC. The van der Waals surface area contributed by atoms with Gasteiger partial charge in [-0.1, -0.05) is 18.2 Å². The van der Waals surface area contributed by atoms with Crippen LogP contribution in [-0.4, -0.2) is 26.9 Å². The fourth-order valence-corrected chi connectivity index (χ4v) is 1.57. The van der Waals surface area contributed by atoms with Crippen LogP contribution in [-0.2, 0) is 4.74 Å². The third kappa shape index (κ3) is 3.51. The number of ether oxygens (including phenoxy) is 2. The molecule has 0 aromatic heterocycles. The Labute approximate surface area is 97.8 Å². The topological polar surface area (TPSA) is 30.5 Å². The second-order valence-electron chi connectivity index (χ2n) is 3.97. The van der Waals surface area contributed by atoms with Crippen molar-refractivity contribution in [3.63, 3.8) is 0 Å². The first-order valence-electron chi connectivity index (χ1n) is 5.60. The Morgan fingerprint density at radius 2 is 1.94 bits per heavy atom. The minimum absolute atomic E-state index is 0.165. The lowest BCUT2D eigenvalue weighted by molar-refractivity contribution is 0.0621. The Morgan fingerprint density at radius 1 is 1.25 bits per heavy atom. The van der Waals surface area contributed by atoms with Crippen LogP contribution in [0.15, 0.2) is 24.3 Å². The van der Waals surface area contributed by atoms with E-state index < -0.39 is 0 Å². The fourth-order valence-electron chi connectivity index (χ4n) is 1.57. The molecule has 1 rings (SSSR count). The Balaban J connectivity index is 2.77. The molecule has 3 nitrogen and oxygen atoms in total. The van der Waals surface area contributed by atoms with Crippen LogP contribution in [0.25, 0.3) is 0 Å². The van der Waals surface area contributed by atoms with Crippen LogP contribution in [0.1, 0.15) is 25.5 Å². The molecular weight excluding hydrogens is 202 g/mol. The molecule has 0 spiro atoms. The molecule has 90 valence electrons. The van der Waals surface area contributed by atoms with E-state index in [1.54, 1.807) is 7.11 Å². The van der Waals surface area contributed by atoms with E-state index in [2.05, 4.69) is 11.4 Å². The second kappa shape index (κ2) is 6.51. The average Bonchev–Trinajstić information content (AvgIpc) is 2.30. The molecule has 0 radical (unpaired) electrons. The summed E-state index contributed by atoms with van der Waals surface area (Å²) in [5.41, 5.74) is 1.13. The standard InChI is InChI=1S/C13H21NO2/c1-10(2)16-9-12(14-3)11-7-5-6-8-13(11)15-4/h5-8,10,12,14H,9H2,1-4H3. The summed E-state index contributed by atoms with van der Waals surface area (Å²) in [6.07, 6.45) is 0.241. The van der Waals surface area contributed by atoms with Gasteiger partial charge in [-0.25, -0.2) is 0 Å². The normalized spacial score (nSPS) is 12.8. The highest BCUT2D eigenvalue weighted by molar-refractivity contribution is 5.35. The zero-order valence-corrected chi connectivity index (χ0v) is 10.5. The van der Waals surface area contributed by atoms with Crippen molar-refractivity contribution in [2.75, 3.05) is 20.8 Å². The van der Waals surface area contributed by atoms with Crippen LogP contribution in [0.4, 0.5) is 0 Å². The van der Waals surface area contributed by atoms with Crippen LogP contribution in [0.2, 0.25) is 0 Å². The smallest absolute Gasteiger partial charge is 0.123 e. The van der Waals surface area contributed by atoms with Crippen molar-refractivity contribution in [1.82, 2.24) is 5.32 Å². The van der Waals surface area contributed by atoms with E-state index in [0.717, 1.165) is 11.3 Å².